The Hall–Kier alpha value is -3.61. The van der Waals surface area contributed by atoms with E-state index in [0.717, 1.165) is 84.3 Å². The van der Waals surface area contributed by atoms with Gasteiger partial charge in [-0.1, -0.05) is 37.1 Å². The molecule has 2 aliphatic heterocycles. The molecule has 1 aromatic carbocycles. The number of hydrogen-bond acceptors (Lipinski definition) is 9. The summed E-state index contributed by atoms with van der Waals surface area (Å²) in [5.41, 5.74) is 1.85. The number of rotatable bonds is 8. The fraction of sp³-hybridized carbons (Fsp3) is 0.562. The predicted molar refractivity (Wildman–Crippen MR) is 171 cm³/mol. The molecule has 1 aromatic heterocycles. The van der Waals surface area contributed by atoms with E-state index in [1.165, 1.54) is 5.56 Å². The summed E-state index contributed by atoms with van der Waals surface area (Å²) >= 11 is 3.53. The average molecular weight is 723 g/mol. The summed E-state index contributed by atoms with van der Waals surface area (Å²) in [6.45, 7) is 6.47. The van der Waals surface area contributed by atoms with Crippen molar-refractivity contribution in [2.24, 2.45) is 5.92 Å². The molecule has 1 amide bonds. The van der Waals surface area contributed by atoms with Gasteiger partial charge in [-0.25, -0.2) is 14.8 Å². The molecule has 5 rings (SSSR count). The molecule has 2 saturated heterocycles. The number of carbonyl (C=O) groups excluding carboxylic acids is 2. The van der Waals surface area contributed by atoms with Crippen LogP contribution in [0.4, 0.5) is 19.0 Å². The molecular formula is C32H39BrF3N7O4. The van der Waals surface area contributed by atoms with Crippen LogP contribution >= 0.6 is 15.9 Å². The lowest BCUT2D eigenvalue weighted by Gasteiger charge is -2.37. The van der Waals surface area contributed by atoms with Gasteiger partial charge in [-0.05, 0) is 67.3 Å². The van der Waals surface area contributed by atoms with E-state index >= 15 is 0 Å². The van der Waals surface area contributed by atoms with Gasteiger partial charge in [-0.2, -0.15) is 18.4 Å². The number of carboxylic acids is 1. The minimum absolute atomic E-state index is 0.0331. The van der Waals surface area contributed by atoms with Gasteiger partial charge in [0.05, 0.1) is 11.0 Å². The number of aromatic nitrogens is 2. The second-order valence-corrected chi connectivity index (χ2v) is 13.0. The van der Waals surface area contributed by atoms with Gasteiger partial charge in [-0.3, -0.25) is 14.5 Å². The van der Waals surface area contributed by atoms with Gasteiger partial charge in [0.15, 0.2) is 5.78 Å². The Morgan fingerprint density at radius 2 is 1.62 bits per heavy atom. The zero-order chi connectivity index (χ0) is 34.1. The standard InChI is InChI=1S/C30H38BrN7O2.C2HF3O2/c1-35-14-16-37(17-15-35)30(40)24-10-12-36(13-11-24)20-22-6-8-23(9-7-22)27(39)21-38(25-4-2-3-5-25)29-26(31)19-33-28(18-32)34-29;3-2(4,5)1(6)7/h6-9,19,24-25H,2-5,10-17,20-21H2,1H3;(H,6,7). The summed E-state index contributed by atoms with van der Waals surface area (Å²) in [6.07, 6.45) is 2.58. The Morgan fingerprint density at radius 1 is 1.02 bits per heavy atom. The molecule has 0 atom stereocenters. The highest BCUT2D eigenvalue weighted by Crippen LogP contribution is 2.32. The molecule has 0 spiro atoms. The van der Waals surface area contributed by atoms with E-state index in [0.29, 0.717) is 21.8 Å². The number of anilines is 1. The van der Waals surface area contributed by atoms with Crippen LogP contribution in [0, 0.1) is 17.2 Å². The second kappa shape index (κ2) is 16.5. The van der Waals surface area contributed by atoms with Crippen LogP contribution in [-0.2, 0) is 16.1 Å². The van der Waals surface area contributed by atoms with E-state index in [4.69, 9.17) is 9.90 Å². The predicted octanol–water partition coefficient (Wildman–Crippen LogP) is 4.36. The molecule has 0 radical (unpaired) electrons. The first kappa shape index (κ1) is 36.2. The first-order valence-corrected chi connectivity index (χ1v) is 16.5. The van der Waals surface area contributed by atoms with E-state index in [2.05, 4.69) is 47.6 Å². The van der Waals surface area contributed by atoms with Crippen molar-refractivity contribution in [2.45, 2.75) is 57.3 Å². The van der Waals surface area contributed by atoms with Gasteiger partial charge in [0.25, 0.3) is 0 Å². The van der Waals surface area contributed by atoms with E-state index in [1.54, 1.807) is 6.20 Å². The number of benzene rings is 1. The number of nitrogens with zero attached hydrogens (tertiary/aromatic N) is 7. The number of alkyl halides is 3. The van der Waals surface area contributed by atoms with Gasteiger partial charge in [0.2, 0.25) is 11.7 Å². The Morgan fingerprint density at radius 3 is 2.17 bits per heavy atom. The SMILES string of the molecule is CN1CCN(C(=O)C2CCN(Cc3ccc(C(=O)CN(c4nc(C#N)ncc4Br)C4CCCC4)cc3)CC2)CC1.O=C(O)C(F)(F)F. The number of carboxylic acid groups (broad SMARTS) is 1. The van der Waals surface area contributed by atoms with Crippen molar-refractivity contribution in [3.05, 3.63) is 51.9 Å². The van der Waals surface area contributed by atoms with Crippen LogP contribution in [0.15, 0.2) is 34.9 Å². The topological polar surface area (TPSA) is 134 Å². The lowest BCUT2D eigenvalue weighted by atomic mass is 9.94. The molecule has 15 heteroatoms. The van der Waals surface area contributed by atoms with Crippen molar-refractivity contribution in [3.63, 3.8) is 0 Å². The number of hydrogen-bond donors (Lipinski definition) is 1. The van der Waals surface area contributed by atoms with E-state index in [1.807, 2.05) is 35.2 Å². The number of carbonyl (C=O) groups is 3. The minimum Gasteiger partial charge on any atom is -0.475 e. The van der Waals surface area contributed by atoms with Gasteiger partial charge in [0, 0.05) is 56.4 Å². The van der Waals surface area contributed by atoms with Crippen LogP contribution in [0.1, 0.15) is 60.3 Å². The van der Waals surface area contributed by atoms with Crippen molar-refractivity contribution >= 4 is 39.4 Å². The summed E-state index contributed by atoms with van der Waals surface area (Å²) in [4.78, 5) is 52.5. The minimum atomic E-state index is -5.08. The van der Waals surface area contributed by atoms with Gasteiger partial charge >= 0.3 is 12.1 Å². The number of piperazine rings is 1. The number of Topliss-reactive ketones (excluding diaryl/α,β-unsaturated/α-hetero) is 1. The molecule has 254 valence electrons. The Kier molecular flexibility index (Phi) is 12.7. The summed E-state index contributed by atoms with van der Waals surface area (Å²) in [7, 11) is 2.11. The summed E-state index contributed by atoms with van der Waals surface area (Å²) in [6, 6.07) is 10.2. The van der Waals surface area contributed by atoms with Crippen molar-refractivity contribution in [3.8, 4) is 6.07 Å². The third kappa shape index (κ3) is 10.2. The second-order valence-electron chi connectivity index (χ2n) is 12.1. The van der Waals surface area contributed by atoms with Crippen LogP contribution < -0.4 is 4.90 Å². The largest absolute Gasteiger partial charge is 0.490 e. The number of ketones is 1. The van der Waals surface area contributed by atoms with Crippen molar-refractivity contribution < 1.29 is 32.7 Å². The summed E-state index contributed by atoms with van der Waals surface area (Å²) < 4.78 is 32.4. The van der Waals surface area contributed by atoms with E-state index in [-0.39, 0.29) is 30.1 Å². The molecule has 1 N–H and O–H groups in total. The zero-order valence-corrected chi connectivity index (χ0v) is 27.8. The molecule has 3 fully saturated rings. The maximum atomic E-state index is 13.4. The van der Waals surface area contributed by atoms with Gasteiger partial charge in [0.1, 0.15) is 11.9 Å². The maximum absolute atomic E-state index is 13.4. The summed E-state index contributed by atoms with van der Waals surface area (Å²) in [5, 5.41) is 16.4. The van der Waals surface area contributed by atoms with Crippen LogP contribution in [0.3, 0.4) is 0 Å². The highest BCUT2D eigenvalue weighted by molar-refractivity contribution is 9.10. The fourth-order valence-electron chi connectivity index (χ4n) is 6.13. The van der Waals surface area contributed by atoms with E-state index < -0.39 is 12.1 Å². The van der Waals surface area contributed by atoms with Gasteiger partial charge in [-0.15, -0.1) is 0 Å². The number of halogens is 4. The number of piperidine rings is 1. The van der Waals surface area contributed by atoms with Crippen molar-refractivity contribution in [1.82, 2.24) is 24.7 Å². The normalized spacial score (nSPS) is 18.3. The first-order chi connectivity index (χ1) is 22.3. The Balaban J connectivity index is 0.000000644. The smallest absolute Gasteiger partial charge is 0.475 e. The molecule has 47 heavy (non-hydrogen) atoms. The van der Waals surface area contributed by atoms with Crippen LogP contribution in [-0.4, -0.2) is 113 Å². The number of likely N-dealkylation sites (tertiary alicyclic amines) is 1. The molecule has 11 nitrogen and oxygen atoms in total. The van der Waals surface area contributed by atoms with E-state index in [9.17, 15) is 28.0 Å². The molecule has 3 heterocycles. The van der Waals surface area contributed by atoms with Crippen LogP contribution in [0.25, 0.3) is 0 Å². The van der Waals surface area contributed by atoms with Gasteiger partial charge < -0.3 is 19.8 Å². The summed E-state index contributed by atoms with van der Waals surface area (Å²) in [5.74, 6) is -1.54. The molecule has 1 aliphatic carbocycles. The maximum Gasteiger partial charge on any atom is 0.490 e. The lowest BCUT2D eigenvalue weighted by Crippen LogP contribution is -2.50. The number of aliphatic carboxylic acids is 1. The highest BCUT2D eigenvalue weighted by atomic mass is 79.9. The third-order valence-corrected chi connectivity index (χ3v) is 9.41. The average Bonchev–Trinajstić information content (AvgIpc) is 3.59. The molecule has 1 saturated carbocycles. The third-order valence-electron chi connectivity index (χ3n) is 8.85. The Bertz CT molecular complexity index is 1430. The lowest BCUT2D eigenvalue weighted by molar-refractivity contribution is -0.192. The molecule has 0 bridgehead atoms. The van der Waals surface area contributed by atoms with Crippen LogP contribution in [0.5, 0.6) is 0 Å². The Labute approximate surface area is 280 Å². The van der Waals surface area contributed by atoms with Crippen molar-refractivity contribution in [1.29, 1.82) is 5.26 Å². The molecule has 2 aromatic rings. The molecule has 0 unspecified atom stereocenters. The quantitative estimate of drug-likeness (QED) is 0.392. The number of amides is 1. The van der Waals surface area contributed by atoms with Crippen molar-refractivity contribution in [2.75, 3.05) is 57.8 Å². The zero-order valence-electron chi connectivity index (χ0n) is 26.3. The highest BCUT2D eigenvalue weighted by Gasteiger charge is 2.38. The monoisotopic (exact) mass is 721 g/mol. The number of likely N-dealkylation sites (N-methyl/N-ethyl adjacent to an activating group) is 1. The first-order valence-electron chi connectivity index (χ1n) is 15.7. The number of nitriles is 1. The molecular weight excluding hydrogens is 683 g/mol. The van der Waals surface area contributed by atoms with Crippen LogP contribution in [0.2, 0.25) is 0 Å². The fourth-order valence-corrected chi connectivity index (χ4v) is 6.55. The molecule has 3 aliphatic rings.